The third-order valence-electron chi connectivity index (χ3n) is 4.78. The molecule has 1 aromatic carbocycles. The zero-order valence-electron chi connectivity index (χ0n) is 14.1. The maximum atomic E-state index is 13.7. The Kier molecular flexibility index (Phi) is 5.73. The first-order chi connectivity index (χ1) is 12.4. The Balaban J connectivity index is 1.91. The summed E-state index contributed by atoms with van der Waals surface area (Å²) < 4.78 is 41.0. The van der Waals surface area contributed by atoms with Crippen molar-refractivity contribution >= 4 is 17.4 Å². The van der Waals surface area contributed by atoms with Crippen LogP contribution in [0.2, 0.25) is 5.02 Å². The van der Waals surface area contributed by atoms with Crippen LogP contribution < -0.4 is 4.90 Å². The van der Waals surface area contributed by atoms with E-state index < -0.39 is 11.7 Å². The highest BCUT2D eigenvalue weighted by Crippen LogP contribution is 2.39. The molecule has 0 amide bonds. The van der Waals surface area contributed by atoms with Gasteiger partial charge in [-0.15, -0.1) is 0 Å². The summed E-state index contributed by atoms with van der Waals surface area (Å²) in [4.78, 5) is 5.85. The molecule has 0 radical (unpaired) electrons. The zero-order valence-corrected chi connectivity index (χ0v) is 14.9. The highest BCUT2D eigenvalue weighted by molar-refractivity contribution is 6.30. The number of aliphatic hydroxyl groups excluding tert-OH is 1. The van der Waals surface area contributed by atoms with Crippen molar-refractivity contribution in [1.29, 1.82) is 0 Å². The largest absolute Gasteiger partial charge is 0.419 e. The van der Waals surface area contributed by atoms with Gasteiger partial charge in [-0.05, 0) is 48.9 Å². The van der Waals surface area contributed by atoms with Crippen molar-refractivity contribution in [1.82, 2.24) is 4.98 Å². The van der Waals surface area contributed by atoms with Gasteiger partial charge in [-0.3, -0.25) is 0 Å². The summed E-state index contributed by atoms with van der Waals surface area (Å²) in [5, 5.41) is 9.49. The van der Waals surface area contributed by atoms with Crippen molar-refractivity contribution in [3.8, 4) is 11.1 Å². The standard InChI is InChI=1S/C19H20ClF3N2O/c20-16-3-1-2-14(10-16)15-11-17(19(21,22)23)18(24-12-15)25-7-4-13(5-8-25)6-9-26/h1-3,10-13,26H,4-9H2. The van der Waals surface area contributed by atoms with Crippen LogP contribution in [0.1, 0.15) is 24.8 Å². The van der Waals surface area contributed by atoms with Gasteiger partial charge >= 0.3 is 6.18 Å². The second kappa shape index (κ2) is 7.84. The van der Waals surface area contributed by atoms with E-state index in [4.69, 9.17) is 16.7 Å². The van der Waals surface area contributed by atoms with Gasteiger partial charge in [0.25, 0.3) is 0 Å². The number of rotatable bonds is 4. The highest BCUT2D eigenvalue weighted by Gasteiger charge is 2.37. The first kappa shape index (κ1) is 19.0. The van der Waals surface area contributed by atoms with Gasteiger partial charge < -0.3 is 10.0 Å². The van der Waals surface area contributed by atoms with E-state index in [-0.39, 0.29) is 12.4 Å². The normalized spacial score (nSPS) is 16.1. The number of halogens is 4. The molecule has 0 saturated carbocycles. The Morgan fingerprint density at radius 1 is 1.15 bits per heavy atom. The minimum Gasteiger partial charge on any atom is -0.396 e. The van der Waals surface area contributed by atoms with Gasteiger partial charge in [0.05, 0.1) is 5.56 Å². The minimum absolute atomic E-state index is 0.0225. The molecule has 1 N–H and O–H groups in total. The summed E-state index contributed by atoms with van der Waals surface area (Å²) in [6, 6.07) is 7.86. The molecule has 2 heterocycles. The summed E-state index contributed by atoms with van der Waals surface area (Å²) >= 11 is 5.95. The van der Waals surface area contributed by atoms with E-state index in [1.165, 1.54) is 6.20 Å². The lowest BCUT2D eigenvalue weighted by molar-refractivity contribution is -0.137. The Morgan fingerprint density at radius 3 is 2.50 bits per heavy atom. The SMILES string of the molecule is OCCC1CCN(c2ncc(-c3cccc(Cl)c3)cc2C(F)(F)F)CC1. The molecule has 1 saturated heterocycles. The number of nitrogens with zero attached hydrogens (tertiary/aromatic N) is 2. The lowest BCUT2D eigenvalue weighted by Crippen LogP contribution is -2.36. The van der Waals surface area contributed by atoms with Crippen LogP contribution in [0, 0.1) is 5.92 Å². The number of hydrogen-bond acceptors (Lipinski definition) is 3. The molecule has 140 valence electrons. The van der Waals surface area contributed by atoms with Gasteiger partial charge in [-0.1, -0.05) is 23.7 Å². The summed E-state index contributed by atoms with van der Waals surface area (Å²) in [6.07, 6.45) is -0.804. The minimum atomic E-state index is -4.49. The molecule has 1 fully saturated rings. The topological polar surface area (TPSA) is 36.4 Å². The first-order valence-electron chi connectivity index (χ1n) is 8.57. The van der Waals surface area contributed by atoms with Crippen molar-refractivity contribution in [3.63, 3.8) is 0 Å². The highest BCUT2D eigenvalue weighted by atomic mass is 35.5. The molecule has 3 rings (SSSR count). The number of anilines is 1. The summed E-state index contributed by atoms with van der Waals surface area (Å²) in [6.45, 7) is 1.14. The number of piperidine rings is 1. The predicted octanol–water partition coefficient (Wildman–Crippen LogP) is 5.02. The quantitative estimate of drug-likeness (QED) is 0.804. The Bertz CT molecular complexity index is 759. The molecule has 2 aromatic rings. The van der Waals surface area contributed by atoms with Crippen LogP contribution in [-0.2, 0) is 6.18 Å². The summed E-state index contributed by atoms with van der Waals surface area (Å²) in [7, 11) is 0. The molecule has 0 aliphatic carbocycles. The Morgan fingerprint density at radius 2 is 1.88 bits per heavy atom. The molecular formula is C19H20ClF3N2O. The Hall–Kier alpha value is -1.79. The molecule has 1 aliphatic rings. The monoisotopic (exact) mass is 384 g/mol. The van der Waals surface area contributed by atoms with E-state index in [0.29, 0.717) is 41.6 Å². The smallest absolute Gasteiger partial charge is 0.396 e. The van der Waals surface area contributed by atoms with Gasteiger partial charge in [0.15, 0.2) is 0 Å². The van der Waals surface area contributed by atoms with E-state index in [9.17, 15) is 13.2 Å². The zero-order chi connectivity index (χ0) is 18.7. The van der Waals surface area contributed by atoms with E-state index in [1.54, 1.807) is 29.2 Å². The summed E-state index contributed by atoms with van der Waals surface area (Å²) in [5.74, 6) is 0.335. The molecule has 0 atom stereocenters. The van der Waals surface area contributed by atoms with Crippen LogP contribution in [0.4, 0.5) is 19.0 Å². The summed E-state index contributed by atoms with van der Waals surface area (Å²) in [5.41, 5.74) is 0.262. The molecule has 3 nitrogen and oxygen atoms in total. The number of benzene rings is 1. The van der Waals surface area contributed by atoms with Gasteiger partial charge in [0.2, 0.25) is 0 Å². The van der Waals surface area contributed by atoms with Crippen LogP contribution in [0.3, 0.4) is 0 Å². The molecule has 7 heteroatoms. The van der Waals surface area contributed by atoms with Gasteiger partial charge in [-0.25, -0.2) is 4.98 Å². The predicted molar refractivity (Wildman–Crippen MR) is 96.3 cm³/mol. The fourth-order valence-electron chi connectivity index (χ4n) is 3.36. The molecule has 1 aromatic heterocycles. The number of pyridine rings is 1. The molecular weight excluding hydrogens is 365 g/mol. The van der Waals surface area contributed by atoms with Crippen LogP contribution in [0.15, 0.2) is 36.5 Å². The van der Waals surface area contributed by atoms with Gasteiger partial charge in [0, 0.05) is 36.5 Å². The van der Waals surface area contributed by atoms with Crippen LogP contribution in [0.25, 0.3) is 11.1 Å². The third-order valence-corrected chi connectivity index (χ3v) is 5.02. The Labute approximate surface area is 155 Å². The fraction of sp³-hybridized carbons (Fsp3) is 0.421. The molecule has 0 unspecified atom stereocenters. The van der Waals surface area contributed by atoms with Crippen LogP contribution in [-0.4, -0.2) is 29.8 Å². The van der Waals surface area contributed by atoms with Gasteiger partial charge in [0.1, 0.15) is 5.82 Å². The molecule has 26 heavy (non-hydrogen) atoms. The van der Waals surface area contributed by atoms with Crippen molar-refractivity contribution < 1.29 is 18.3 Å². The van der Waals surface area contributed by atoms with E-state index in [2.05, 4.69) is 4.98 Å². The van der Waals surface area contributed by atoms with Crippen LogP contribution >= 0.6 is 11.6 Å². The number of aromatic nitrogens is 1. The molecule has 0 spiro atoms. The maximum absolute atomic E-state index is 13.7. The number of alkyl halides is 3. The lowest BCUT2D eigenvalue weighted by atomic mass is 9.93. The van der Waals surface area contributed by atoms with Crippen LogP contribution in [0.5, 0.6) is 0 Å². The molecule has 1 aliphatic heterocycles. The van der Waals surface area contributed by atoms with Crippen molar-refractivity contribution in [2.75, 3.05) is 24.6 Å². The van der Waals surface area contributed by atoms with Crippen molar-refractivity contribution in [3.05, 3.63) is 47.1 Å². The second-order valence-electron chi connectivity index (χ2n) is 6.55. The average molecular weight is 385 g/mol. The van der Waals surface area contributed by atoms with E-state index >= 15 is 0 Å². The van der Waals surface area contributed by atoms with E-state index in [0.717, 1.165) is 18.9 Å². The first-order valence-corrected chi connectivity index (χ1v) is 8.95. The average Bonchev–Trinajstić information content (AvgIpc) is 2.61. The van der Waals surface area contributed by atoms with Crippen molar-refractivity contribution in [2.45, 2.75) is 25.4 Å². The second-order valence-corrected chi connectivity index (χ2v) is 6.98. The lowest BCUT2D eigenvalue weighted by Gasteiger charge is -2.34. The van der Waals surface area contributed by atoms with Crippen molar-refractivity contribution in [2.24, 2.45) is 5.92 Å². The van der Waals surface area contributed by atoms with Gasteiger partial charge in [-0.2, -0.15) is 13.2 Å². The number of aliphatic hydroxyl groups is 1. The number of hydrogen-bond donors (Lipinski definition) is 1. The fourth-order valence-corrected chi connectivity index (χ4v) is 3.55. The third kappa shape index (κ3) is 4.30. The molecule has 0 bridgehead atoms. The van der Waals surface area contributed by atoms with E-state index in [1.807, 2.05) is 0 Å². The maximum Gasteiger partial charge on any atom is 0.419 e.